The lowest BCUT2D eigenvalue weighted by atomic mass is 10.1. The predicted molar refractivity (Wildman–Crippen MR) is 44.7 cm³/mol. The number of hydrogen-bond donors (Lipinski definition) is 2. The minimum Gasteiger partial charge on any atom is -0.329 e. The Labute approximate surface area is 69.4 Å². The molecule has 1 aromatic heterocycles. The maximum Gasteiger partial charge on any atom is 0.253 e. The van der Waals surface area contributed by atoms with Crippen LogP contribution in [-0.4, -0.2) is 10.8 Å². The lowest BCUT2D eigenvalue weighted by Gasteiger charge is -2.04. The second-order valence-corrected chi connectivity index (χ2v) is 2.54. The number of carbonyl (C=O) groups excluding carboxylic acids is 1. The fraction of sp³-hybridized carbons (Fsp3) is 0.250. The Balaban J connectivity index is 3.11. The zero-order valence-electron chi connectivity index (χ0n) is 6.70. The molecule has 1 atom stereocenters. The molecule has 0 saturated carbocycles. The summed E-state index contributed by atoms with van der Waals surface area (Å²) in [5.74, 6) is -0.216. The normalized spacial score (nSPS) is 12.5. The topological polar surface area (TPSA) is 76.0 Å². The van der Waals surface area contributed by atoms with Crippen LogP contribution < -0.4 is 11.3 Å². The van der Waals surface area contributed by atoms with Gasteiger partial charge in [0.25, 0.3) is 5.56 Å². The largest absolute Gasteiger partial charge is 0.329 e. The monoisotopic (exact) mass is 166 g/mol. The van der Waals surface area contributed by atoms with E-state index in [1.54, 1.807) is 12.1 Å². The Bertz CT molecular complexity index is 343. The zero-order valence-corrected chi connectivity index (χ0v) is 6.70. The van der Waals surface area contributed by atoms with Crippen LogP contribution >= 0.6 is 0 Å². The number of nitrogens with one attached hydrogen (secondary N) is 1. The van der Waals surface area contributed by atoms with Crippen LogP contribution in [0.1, 0.15) is 18.5 Å². The molecule has 64 valence electrons. The van der Waals surface area contributed by atoms with Crippen LogP contribution in [0.2, 0.25) is 0 Å². The standard InChI is InChI=1S/C8H10N2O2/c1-5(11)7(9)6-3-2-4-10-8(6)12/h2-4,7H,9H2,1H3,(H,10,12). The smallest absolute Gasteiger partial charge is 0.253 e. The Kier molecular flexibility index (Phi) is 2.40. The van der Waals surface area contributed by atoms with Gasteiger partial charge in [-0.05, 0) is 13.0 Å². The molecule has 1 heterocycles. The summed E-state index contributed by atoms with van der Waals surface area (Å²) in [5, 5.41) is 0. The predicted octanol–water partition coefficient (Wildman–Crippen LogP) is -0.0363. The van der Waals surface area contributed by atoms with Gasteiger partial charge in [0, 0.05) is 11.8 Å². The van der Waals surface area contributed by atoms with Gasteiger partial charge in [0.2, 0.25) is 0 Å². The molecule has 12 heavy (non-hydrogen) atoms. The first kappa shape index (κ1) is 8.67. The van der Waals surface area contributed by atoms with Crippen molar-refractivity contribution in [2.75, 3.05) is 0 Å². The number of nitrogens with two attached hydrogens (primary N) is 1. The van der Waals surface area contributed by atoms with Crippen molar-refractivity contribution in [3.05, 3.63) is 34.2 Å². The van der Waals surface area contributed by atoms with Crippen molar-refractivity contribution in [2.24, 2.45) is 5.73 Å². The summed E-state index contributed by atoms with van der Waals surface area (Å²) in [4.78, 5) is 24.3. The first-order chi connectivity index (χ1) is 5.63. The van der Waals surface area contributed by atoms with Crippen molar-refractivity contribution in [3.8, 4) is 0 Å². The highest BCUT2D eigenvalue weighted by Gasteiger charge is 2.13. The molecule has 0 fully saturated rings. The van der Waals surface area contributed by atoms with E-state index in [-0.39, 0.29) is 11.3 Å². The molecule has 0 spiro atoms. The van der Waals surface area contributed by atoms with Crippen molar-refractivity contribution in [1.29, 1.82) is 0 Å². The van der Waals surface area contributed by atoms with Gasteiger partial charge in [-0.2, -0.15) is 0 Å². The maximum absolute atomic E-state index is 11.1. The van der Waals surface area contributed by atoms with Crippen LogP contribution in [0, 0.1) is 0 Å². The van der Waals surface area contributed by atoms with Gasteiger partial charge in [-0.1, -0.05) is 6.07 Å². The number of aromatic nitrogens is 1. The van der Waals surface area contributed by atoms with Crippen molar-refractivity contribution >= 4 is 5.78 Å². The number of pyridine rings is 1. The molecular weight excluding hydrogens is 156 g/mol. The van der Waals surface area contributed by atoms with Crippen molar-refractivity contribution in [3.63, 3.8) is 0 Å². The van der Waals surface area contributed by atoms with E-state index in [0.29, 0.717) is 5.56 Å². The van der Waals surface area contributed by atoms with E-state index in [9.17, 15) is 9.59 Å². The Morgan fingerprint density at radius 1 is 1.67 bits per heavy atom. The van der Waals surface area contributed by atoms with Gasteiger partial charge in [-0.3, -0.25) is 9.59 Å². The number of ketones is 1. The number of H-pyrrole nitrogens is 1. The van der Waals surface area contributed by atoms with Crippen LogP contribution in [0.3, 0.4) is 0 Å². The number of Topliss-reactive ketones (excluding diaryl/α,β-unsaturated/α-hetero) is 1. The van der Waals surface area contributed by atoms with Gasteiger partial charge in [-0.15, -0.1) is 0 Å². The third-order valence-electron chi connectivity index (χ3n) is 1.62. The van der Waals surface area contributed by atoms with Crippen LogP contribution in [-0.2, 0) is 4.79 Å². The van der Waals surface area contributed by atoms with Crippen LogP contribution in [0.5, 0.6) is 0 Å². The van der Waals surface area contributed by atoms with Gasteiger partial charge >= 0.3 is 0 Å². The number of hydrogen-bond acceptors (Lipinski definition) is 3. The average molecular weight is 166 g/mol. The van der Waals surface area contributed by atoms with Crippen molar-refractivity contribution in [2.45, 2.75) is 13.0 Å². The van der Waals surface area contributed by atoms with Crippen LogP contribution in [0.4, 0.5) is 0 Å². The minimum atomic E-state index is -0.810. The SMILES string of the molecule is CC(=O)C(N)c1ccc[nH]c1=O. The molecule has 4 heteroatoms. The molecule has 0 saturated heterocycles. The second-order valence-electron chi connectivity index (χ2n) is 2.54. The fourth-order valence-electron chi connectivity index (χ4n) is 0.898. The van der Waals surface area contributed by atoms with E-state index in [1.807, 2.05) is 0 Å². The summed E-state index contributed by atoms with van der Waals surface area (Å²) in [5.41, 5.74) is 5.47. The maximum atomic E-state index is 11.1. The molecule has 0 amide bonds. The highest BCUT2D eigenvalue weighted by molar-refractivity contribution is 5.82. The van der Waals surface area contributed by atoms with E-state index in [1.165, 1.54) is 13.1 Å². The third kappa shape index (κ3) is 1.60. The summed E-state index contributed by atoms with van der Waals surface area (Å²) >= 11 is 0. The Hall–Kier alpha value is -1.42. The summed E-state index contributed by atoms with van der Waals surface area (Å²) < 4.78 is 0. The molecule has 0 bridgehead atoms. The van der Waals surface area contributed by atoms with Gasteiger partial charge in [0.1, 0.15) is 0 Å². The average Bonchev–Trinajstić information content (AvgIpc) is 2.04. The Morgan fingerprint density at radius 2 is 2.33 bits per heavy atom. The molecule has 1 rings (SSSR count). The van der Waals surface area contributed by atoms with E-state index in [2.05, 4.69) is 4.98 Å². The first-order valence-corrected chi connectivity index (χ1v) is 3.56. The number of carbonyl (C=O) groups is 1. The highest BCUT2D eigenvalue weighted by Crippen LogP contribution is 2.03. The van der Waals surface area contributed by atoms with E-state index >= 15 is 0 Å². The summed E-state index contributed by atoms with van der Waals surface area (Å²) in [7, 11) is 0. The third-order valence-corrected chi connectivity index (χ3v) is 1.62. The number of rotatable bonds is 2. The molecule has 3 N–H and O–H groups in total. The van der Waals surface area contributed by atoms with E-state index in [4.69, 9.17) is 5.73 Å². The molecule has 0 aliphatic carbocycles. The van der Waals surface area contributed by atoms with Crippen LogP contribution in [0.25, 0.3) is 0 Å². The van der Waals surface area contributed by atoms with Crippen LogP contribution in [0.15, 0.2) is 23.1 Å². The summed E-state index contributed by atoms with van der Waals surface area (Å²) in [6.45, 7) is 1.36. The minimum absolute atomic E-state index is 0.216. The molecular formula is C8H10N2O2. The molecule has 0 aliphatic heterocycles. The van der Waals surface area contributed by atoms with Gasteiger partial charge in [0.15, 0.2) is 5.78 Å². The first-order valence-electron chi connectivity index (χ1n) is 3.56. The molecule has 0 radical (unpaired) electrons. The quantitative estimate of drug-likeness (QED) is 0.647. The lowest BCUT2D eigenvalue weighted by molar-refractivity contribution is -0.118. The van der Waals surface area contributed by atoms with Gasteiger partial charge < -0.3 is 10.7 Å². The fourth-order valence-corrected chi connectivity index (χ4v) is 0.898. The zero-order chi connectivity index (χ0) is 9.14. The highest BCUT2D eigenvalue weighted by atomic mass is 16.1. The molecule has 0 aromatic carbocycles. The molecule has 0 aliphatic rings. The van der Waals surface area contributed by atoms with Crippen molar-refractivity contribution in [1.82, 2.24) is 4.98 Å². The number of aromatic amines is 1. The molecule has 1 aromatic rings. The second kappa shape index (κ2) is 3.32. The lowest BCUT2D eigenvalue weighted by Crippen LogP contribution is -2.26. The van der Waals surface area contributed by atoms with E-state index < -0.39 is 6.04 Å². The molecule has 4 nitrogen and oxygen atoms in total. The summed E-state index contributed by atoms with van der Waals surface area (Å²) in [6.07, 6.45) is 1.50. The van der Waals surface area contributed by atoms with Crippen molar-refractivity contribution < 1.29 is 4.79 Å². The van der Waals surface area contributed by atoms with Gasteiger partial charge in [-0.25, -0.2) is 0 Å². The molecule has 1 unspecified atom stereocenters. The summed E-state index contributed by atoms with van der Waals surface area (Å²) in [6, 6.07) is 2.37. The van der Waals surface area contributed by atoms with E-state index in [0.717, 1.165) is 0 Å². The van der Waals surface area contributed by atoms with Gasteiger partial charge in [0.05, 0.1) is 6.04 Å². The Morgan fingerprint density at radius 3 is 2.83 bits per heavy atom.